The molecule has 0 aliphatic heterocycles. The molecular formula is C11H17N3OS. The smallest absolute Gasteiger partial charge is 0.136 e. The molecule has 0 aliphatic rings. The third-order valence-electron chi connectivity index (χ3n) is 2.12. The highest BCUT2D eigenvalue weighted by atomic mass is 32.1. The van der Waals surface area contributed by atoms with Gasteiger partial charge >= 0.3 is 0 Å². The molecule has 1 heterocycles. The first-order valence-electron chi connectivity index (χ1n) is 5.15. The molecule has 1 rings (SSSR count). The van der Waals surface area contributed by atoms with Crippen molar-refractivity contribution in [3.8, 4) is 0 Å². The minimum Gasteiger partial charge on any atom is -0.389 e. The van der Waals surface area contributed by atoms with Crippen LogP contribution in [0.4, 0.5) is 5.82 Å². The second-order valence-electron chi connectivity index (χ2n) is 3.49. The van der Waals surface area contributed by atoms with Crippen molar-refractivity contribution >= 4 is 23.0 Å². The normalized spacial score (nSPS) is 10.1. The molecule has 0 amide bonds. The van der Waals surface area contributed by atoms with Crippen molar-refractivity contribution in [2.45, 2.75) is 13.3 Å². The Hall–Kier alpha value is -1.20. The molecule has 0 radical (unpaired) electrons. The van der Waals surface area contributed by atoms with Gasteiger partial charge in [0.15, 0.2) is 0 Å². The van der Waals surface area contributed by atoms with Gasteiger partial charge in [0.2, 0.25) is 0 Å². The zero-order valence-corrected chi connectivity index (χ0v) is 10.4. The molecule has 0 aliphatic carbocycles. The largest absolute Gasteiger partial charge is 0.389 e. The Labute approximate surface area is 101 Å². The monoisotopic (exact) mass is 239 g/mol. The summed E-state index contributed by atoms with van der Waals surface area (Å²) in [5.74, 6) is 0.753. The van der Waals surface area contributed by atoms with Crippen molar-refractivity contribution < 1.29 is 4.74 Å². The molecule has 4 nitrogen and oxygen atoms in total. The maximum absolute atomic E-state index is 5.62. The molecular weight excluding hydrogens is 222 g/mol. The van der Waals surface area contributed by atoms with Crippen LogP contribution in [0.2, 0.25) is 0 Å². The van der Waals surface area contributed by atoms with E-state index < -0.39 is 0 Å². The van der Waals surface area contributed by atoms with Crippen LogP contribution in [0, 0.1) is 6.92 Å². The van der Waals surface area contributed by atoms with Crippen LogP contribution in [-0.2, 0) is 4.74 Å². The number of nitrogens with one attached hydrogen (secondary N) is 1. The van der Waals surface area contributed by atoms with E-state index in [1.807, 2.05) is 19.1 Å². The summed E-state index contributed by atoms with van der Waals surface area (Å²) in [6.45, 7) is 3.45. The molecule has 0 atom stereocenters. The standard InChI is InChI=1S/C11H17N3OS/c1-8-4-5-9(10(12)16)11(14-8)13-6-3-7-15-2/h4-5H,3,6-7H2,1-2H3,(H2,12,16)(H,13,14). The molecule has 5 heteroatoms. The predicted octanol–water partition coefficient (Wildman–Crippen LogP) is 1.47. The average Bonchev–Trinajstić information content (AvgIpc) is 2.24. The Morgan fingerprint density at radius 3 is 2.94 bits per heavy atom. The zero-order chi connectivity index (χ0) is 12.0. The van der Waals surface area contributed by atoms with E-state index in [2.05, 4.69) is 10.3 Å². The third-order valence-corrected chi connectivity index (χ3v) is 2.34. The van der Waals surface area contributed by atoms with Gasteiger partial charge in [-0.3, -0.25) is 0 Å². The van der Waals surface area contributed by atoms with Gasteiger partial charge < -0.3 is 15.8 Å². The van der Waals surface area contributed by atoms with E-state index in [9.17, 15) is 0 Å². The van der Waals surface area contributed by atoms with Crippen LogP contribution in [0.5, 0.6) is 0 Å². The number of pyridine rings is 1. The van der Waals surface area contributed by atoms with E-state index in [4.69, 9.17) is 22.7 Å². The number of methoxy groups -OCH3 is 1. The SMILES string of the molecule is COCCCNc1nc(C)ccc1C(N)=S. The number of thiocarbonyl (C=S) groups is 1. The summed E-state index contributed by atoms with van der Waals surface area (Å²) in [5.41, 5.74) is 7.35. The van der Waals surface area contributed by atoms with Crippen LogP contribution in [0.25, 0.3) is 0 Å². The summed E-state index contributed by atoms with van der Waals surface area (Å²) in [6.07, 6.45) is 0.920. The summed E-state index contributed by atoms with van der Waals surface area (Å²) < 4.78 is 4.97. The van der Waals surface area contributed by atoms with Crippen molar-refractivity contribution in [3.05, 3.63) is 23.4 Å². The maximum Gasteiger partial charge on any atom is 0.136 e. The van der Waals surface area contributed by atoms with Gasteiger partial charge in [0.05, 0.1) is 5.56 Å². The molecule has 0 aromatic carbocycles. The van der Waals surface area contributed by atoms with Gasteiger partial charge in [-0.2, -0.15) is 0 Å². The van der Waals surface area contributed by atoms with Crippen molar-refractivity contribution in [2.75, 3.05) is 25.6 Å². The van der Waals surface area contributed by atoms with Crippen molar-refractivity contribution in [1.82, 2.24) is 4.98 Å². The van der Waals surface area contributed by atoms with Crippen LogP contribution in [-0.4, -0.2) is 30.2 Å². The van der Waals surface area contributed by atoms with Crippen LogP contribution in [0.15, 0.2) is 12.1 Å². The minimum atomic E-state index is 0.363. The second-order valence-corrected chi connectivity index (χ2v) is 3.93. The van der Waals surface area contributed by atoms with E-state index in [-0.39, 0.29) is 0 Å². The summed E-state index contributed by atoms with van der Waals surface area (Å²) in [4.78, 5) is 4.74. The molecule has 0 saturated heterocycles. The van der Waals surface area contributed by atoms with Crippen molar-refractivity contribution in [1.29, 1.82) is 0 Å². The molecule has 88 valence electrons. The van der Waals surface area contributed by atoms with E-state index in [1.165, 1.54) is 0 Å². The fraction of sp³-hybridized carbons (Fsp3) is 0.455. The van der Waals surface area contributed by atoms with Crippen LogP contribution < -0.4 is 11.1 Å². The topological polar surface area (TPSA) is 60.2 Å². The van der Waals surface area contributed by atoms with Crippen molar-refractivity contribution in [3.63, 3.8) is 0 Å². The van der Waals surface area contributed by atoms with E-state index in [0.717, 1.165) is 36.6 Å². The average molecular weight is 239 g/mol. The summed E-state index contributed by atoms with van der Waals surface area (Å²) in [6, 6.07) is 3.79. The minimum absolute atomic E-state index is 0.363. The Morgan fingerprint density at radius 1 is 1.56 bits per heavy atom. The van der Waals surface area contributed by atoms with Gasteiger partial charge in [-0.25, -0.2) is 4.98 Å². The Morgan fingerprint density at radius 2 is 2.31 bits per heavy atom. The lowest BCUT2D eigenvalue weighted by molar-refractivity contribution is 0.198. The first-order chi connectivity index (χ1) is 7.65. The summed E-state index contributed by atoms with van der Waals surface area (Å²) >= 11 is 4.97. The number of hydrogen-bond acceptors (Lipinski definition) is 4. The summed E-state index contributed by atoms with van der Waals surface area (Å²) in [5, 5.41) is 3.21. The lowest BCUT2D eigenvalue weighted by Crippen LogP contribution is -2.16. The quantitative estimate of drug-likeness (QED) is 0.581. The lowest BCUT2D eigenvalue weighted by atomic mass is 10.2. The molecule has 16 heavy (non-hydrogen) atoms. The number of nitrogens with zero attached hydrogens (tertiary/aromatic N) is 1. The third kappa shape index (κ3) is 3.75. The van der Waals surface area contributed by atoms with Gasteiger partial charge in [-0.1, -0.05) is 12.2 Å². The molecule has 0 unspecified atom stereocenters. The highest BCUT2D eigenvalue weighted by Crippen LogP contribution is 2.13. The number of hydrogen-bond donors (Lipinski definition) is 2. The Bertz CT molecular complexity index is 368. The van der Waals surface area contributed by atoms with Crippen LogP contribution >= 0.6 is 12.2 Å². The number of nitrogens with two attached hydrogens (primary N) is 1. The lowest BCUT2D eigenvalue weighted by Gasteiger charge is -2.10. The zero-order valence-electron chi connectivity index (χ0n) is 9.62. The first-order valence-corrected chi connectivity index (χ1v) is 5.56. The molecule has 0 fully saturated rings. The van der Waals surface area contributed by atoms with Gasteiger partial charge in [0.25, 0.3) is 0 Å². The van der Waals surface area contributed by atoms with E-state index in [0.29, 0.717) is 4.99 Å². The highest BCUT2D eigenvalue weighted by Gasteiger charge is 2.06. The molecule has 1 aromatic heterocycles. The Kier molecular flexibility index (Phi) is 5.14. The number of rotatable bonds is 6. The first kappa shape index (κ1) is 12.9. The summed E-state index contributed by atoms with van der Waals surface area (Å²) in [7, 11) is 1.69. The van der Waals surface area contributed by atoms with Gasteiger partial charge in [0, 0.05) is 26.0 Å². The predicted molar refractivity (Wildman–Crippen MR) is 69.8 cm³/mol. The maximum atomic E-state index is 5.62. The van der Waals surface area contributed by atoms with Crippen LogP contribution in [0.1, 0.15) is 17.7 Å². The fourth-order valence-electron chi connectivity index (χ4n) is 1.31. The number of aryl methyl sites for hydroxylation is 1. The van der Waals surface area contributed by atoms with Crippen LogP contribution in [0.3, 0.4) is 0 Å². The molecule has 3 N–H and O–H groups in total. The number of aromatic nitrogens is 1. The number of ether oxygens (including phenoxy) is 1. The van der Waals surface area contributed by atoms with Crippen molar-refractivity contribution in [2.24, 2.45) is 5.73 Å². The second kappa shape index (κ2) is 6.40. The van der Waals surface area contributed by atoms with Gasteiger partial charge in [-0.05, 0) is 25.5 Å². The molecule has 1 aromatic rings. The Balaban J connectivity index is 2.68. The fourth-order valence-corrected chi connectivity index (χ4v) is 1.48. The van der Waals surface area contributed by atoms with Gasteiger partial charge in [0.1, 0.15) is 10.8 Å². The van der Waals surface area contributed by atoms with E-state index >= 15 is 0 Å². The number of anilines is 1. The molecule has 0 bridgehead atoms. The van der Waals surface area contributed by atoms with E-state index in [1.54, 1.807) is 7.11 Å². The molecule has 0 saturated carbocycles. The van der Waals surface area contributed by atoms with Gasteiger partial charge in [-0.15, -0.1) is 0 Å². The highest BCUT2D eigenvalue weighted by molar-refractivity contribution is 7.80. The molecule has 0 spiro atoms.